The highest BCUT2D eigenvalue weighted by Gasteiger charge is 1.98. The molecule has 2 aromatic carbocycles. The van der Waals surface area contributed by atoms with E-state index in [-0.39, 0.29) is 5.75 Å². The van der Waals surface area contributed by atoms with Gasteiger partial charge in [0, 0.05) is 0 Å². The fourth-order valence-corrected chi connectivity index (χ4v) is 1.24. The maximum absolute atomic E-state index is 9.11. The van der Waals surface area contributed by atoms with E-state index in [0.29, 0.717) is 17.2 Å². The third-order valence-electron chi connectivity index (χ3n) is 2.03. The van der Waals surface area contributed by atoms with Crippen molar-refractivity contribution in [3.8, 4) is 23.0 Å². The highest BCUT2D eigenvalue weighted by atomic mass is 16.6. The summed E-state index contributed by atoms with van der Waals surface area (Å²) in [7, 11) is 0. The molecule has 0 bridgehead atoms. The van der Waals surface area contributed by atoms with E-state index in [0.717, 1.165) is 0 Å². The van der Waals surface area contributed by atoms with Crippen LogP contribution in [0.2, 0.25) is 0 Å². The summed E-state index contributed by atoms with van der Waals surface area (Å²) in [5.41, 5.74) is 0. The third-order valence-corrected chi connectivity index (χ3v) is 2.03. The Morgan fingerprint density at radius 3 is 1.69 bits per heavy atom. The Labute approximate surface area is 92.8 Å². The standard InChI is InChI=1S/C12H11NO3/c13-16-12-7-5-11(6-8-12)15-10-3-1-9(14)2-4-10/h1-8,14H,13H2. The Morgan fingerprint density at radius 2 is 1.19 bits per heavy atom. The molecule has 0 aromatic heterocycles. The first kappa shape index (κ1) is 10.3. The van der Waals surface area contributed by atoms with Crippen molar-refractivity contribution < 1.29 is 14.7 Å². The second-order valence-electron chi connectivity index (χ2n) is 3.19. The number of phenols is 1. The monoisotopic (exact) mass is 217 g/mol. The summed E-state index contributed by atoms with van der Waals surface area (Å²) in [4.78, 5) is 4.55. The molecule has 82 valence electrons. The Kier molecular flexibility index (Phi) is 2.93. The summed E-state index contributed by atoms with van der Waals surface area (Å²) in [5, 5.41) is 9.11. The number of rotatable bonds is 3. The Balaban J connectivity index is 2.11. The van der Waals surface area contributed by atoms with Crippen LogP contribution in [0.5, 0.6) is 23.0 Å². The van der Waals surface area contributed by atoms with Gasteiger partial charge in [-0.1, -0.05) is 0 Å². The van der Waals surface area contributed by atoms with E-state index in [4.69, 9.17) is 15.7 Å². The normalized spacial score (nSPS) is 9.81. The molecule has 0 radical (unpaired) electrons. The lowest BCUT2D eigenvalue weighted by molar-refractivity contribution is 0.334. The van der Waals surface area contributed by atoms with Crippen molar-refractivity contribution in [2.75, 3.05) is 0 Å². The van der Waals surface area contributed by atoms with Crippen molar-refractivity contribution in [2.24, 2.45) is 5.90 Å². The van der Waals surface area contributed by atoms with Crippen LogP contribution in [-0.4, -0.2) is 5.11 Å². The molecule has 0 saturated carbocycles. The highest BCUT2D eigenvalue weighted by molar-refractivity contribution is 5.37. The van der Waals surface area contributed by atoms with Crippen LogP contribution >= 0.6 is 0 Å². The summed E-state index contributed by atoms with van der Waals surface area (Å²) in [5.74, 6) is 7.10. The van der Waals surface area contributed by atoms with E-state index in [1.165, 1.54) is 0 Å². The fourth-order valence-electron chi connectivity index (χ4n) is 1.24. The van der Waals surface area contributed by atoms with Gasteiger partial charge >= 0.3 is 0 Å². The Bertz CT molecular complexity index is 451. The molecule has 0 fully saturated rings. The van der Waals surface area contributed by atoms with Crippen molar-refractivity contribution in [3.05, 3.63) is 48.5 Å². The van der Waals surface area contributed by atoms with E-state index in [1.54, 1.807) is 48.5 Å². The van der Waals surface area contributed by atoms with Gasteiger partial charge in [-0.25, -0.2) is 0 Å². The molecule has 0 spiro atoms. The van der Waals surface area contributed by atoms with Gasteiger partial charge in [0.15, 0.2) is 0 Å². The topological polar surface area (TPSA) is 64.7 Å². The van der Waals surface area contributed by atoms with Crippen LogP contribution in [-0.2, 0) is 0 Å². The van der Waals surface area contributed by atoms with Gasteiger partial charge in [-0.15, -0.1) is 0 Å². The van der Waals surface area contributed by atoms with E-state index in [2.05, 4.69) is 4.84 Å². The lowest BCUT2D eigenvalue weighted by atomic mass is 10.3. The molecule has 0 atom stereocenters. The van der Waals surface area contributed by atoms with Gasteiger partial charge < -0.3 is 14.7 Å². The van der Waals surface area contributed by atoms with Crippen LogP contribution < -0.4 is 15.5 Å². The molecule has 4 nitrogen and oxygen atoms in total. The molecular weight excluding hydrogens is 206 g/mol. The van der Waals surface area contributed by atoms with Gasteiger partial charge in [0.25, 0.3) is 0 Å². The van der Waals surface area contributed by atoms with Crippen molar-refractivity contribution in [2.45, 2.75) is 0 Å². The molecule has 0 aliphatic carbocycles. The van der Waals surface area contributed by atoms with Crippen LogP contribution in [0.4, 0.5) is 0 Å². The highest BCUT2D eigenvalue weighted by Crippen LogP contribution is 2.24. The smallest absolute Gasteiger partial charge is 0.147 e. The molecular formula is C12H11NO3. The van der Waals surface area contributed by atoms with Crippen LogP contribution in [0.3, 0.4) is 0 Å². The summed E-state index contributed by atoms with van der Waals surface area (Å²) in [6.45, 7) is 0. The van der Waals surface area contributed by atoms with Crippen molar-refractivity contribution in [1.29, 1.82) is 0 Å². The molecule has 0 aliphatic rings. The van der Waals surface area contributed by atoms with Gasteiger partial charge in [0.2, 0.25) is 0 Å². The largest absolute Gasteiger partial charge is 0.508 e. The minimum atomic E-state index is 0.208. The predicted molar refractivity (Wildman–Crippen MR) is 59.4 cm³/mol. The lowest BCUT2D eigenvalue weighted by Gasteiger charge is -2.06. The molecule has 0 amide bonds. The predicted octanol–water partition coefficient (Wildman–Crippen LogP) is 2.44. The summed E-state index contributed by atoms with van der Waals surface area (Å²) in [6.07, 6.45) is 0. The maximum atomic E-state index is 9.11. The summed E-state index contributed by atoms with van der Waals surface area (Å²) >= 11 is 0. The number of nitrogens with two attached hydrogens (primary N) is 1. The van der Waals surface area contributed by atoms with Gasteiger partial charge in [-0.2, -0.15) is 5.90 Å². The first-order chi connectivity index (χ1) is 7.78. The van der Waals surface area contributed by atoms with Crippen LogP contribution in [0, 0.1) is 0 Å². The van der Waals surface area contributed by atoms with Gasteiger partial charge in [0.1, 0.15) is 23.0 Å². The molecule has 16 heavy (non-hydrogen) atoms. The second-order valence-corrected chi connectivity index (χ2v) is 3.19. The second kappa shape index (κ2) is 4.55. The van der Waals surface area contributed by atoms with Crippen molar-refractivity contribution in [3.63, 3.8) is 0 Å². The van der Waals surface area contributed by atoms with Crippen LogP contribution in [0.1, 0.15) is 0 Å². The van der Waals surface area contributed by atoms with E-state index < -0.39 is 0 Å². The molecule has 2 aromatic rings. The molecule has 0 unspecified atom stereocenters. The van der Waals surface area contributed by atoms with Gasteiger partial charge in [-0.3, -0.25) is 0 Å². The Hall–Kier alpha value is -2.20. The quantitative estimate of drug-likeness (QED) is 0.775. The molecule has 4 heteroatoms. The number of hydrogen-bond acceptors (Lipinski definition) is 4. The third kappa shape index (κ3) is 2.43. The zero-order chi connectivity index (χ0) is 11.4. The zero-order valence-electron chi connectivity index (χ0n) is 8.46. The summed E-state index contributed by atoms with van der Waals surface area (Å²) < 4.78 is 5.53. The van der Waals surface area contributed by atoms with E-state index in [9.17, 15) is 0 Å². The van der Waals surface area contributed by atoms with E-state index >= 15 is 0 Å². The number of ether oxygens (including phenoxy) is 1. The molecule has 0 saturated heterocycles. The lowest BCUT2D eigenvalue weighted by Crippen LogP contribution is -2.01. The molecule has 3 N–H and O–H groups in total. The number of benzene rings is 2. The molecule has 0 heterocycles. The zero-order valence-corrected chi connectivity index (χ0v) is 8.46. The van der Waals surface area contributed by atoms with Crippen molar-refractivity contribution in [1.82, 2.24) is 0 Å². The average Bonchev–Trinajstić information content (AvgIpc) is 2.33. The van der Waals surface area contributed by atoms with Gasteiger partial charge in [-0.05, 0) is 48.5 Å². The van der Waals surface area contributed by atoms with Crippen molar-refractivity contribution >= 4 is 0 Å². The average molecular weight is 217 g/mol. The maximum Gasteiger partial charge on any atom is 0.147 e. The SMILES string of the molecule is NOc1ccc(Oc2ccc(O)cc2)cc1. The number of hydrogen-bond donors (Lipinski definition) is 2. The first-order valence-electron chi connectivity index (χ1n) is 4.71. The number of phenolic OH excluding ortho intramolecular Hbond substituents is 1. The Morgan fingerprint density at radius 1 is 0.750 bits per heavy atom. The van der Waals surface area contributed by atoms with Crippen LogP contribution in [0.15, 0.2) is 48.5 Å². The van der Waals surface area contributed by atoms with Gasteiger partial charge in [0.05, 0.1) is 0 Å². The van der Waals surface area contributed by atoms with E-state index in [1.807, 2.05) is 0 Å². The summed E-state index contributed by atoms with van der Waals surface area (Å²) in [6, 6.07) is 13.4. The van der Waals surface area contributed by atoms with Crippen LogP contribution in [0.25, 0.3) is 0 Å². The fraction of sp³-hybridized carbons (Fsp3) is 0. The number of aromatic hydroxyl groups is 1. The minimum Gasteiger partial charge on any atom is -0.508 e. The molecule has 0 aliphatic heterocycles. The minimum absolute atomic E-state index is 0.208. The first-order valence-corrected chi connectivity index (χ1v) is 4.71. The molecule has 2 rings (SSSR count).